The van der Waals surface area contributed by atoms with E-state index < -0.39 is 18.0 Å². The molecule has 1 aliphatic heterocycles. The number of imide groups is 1. The Morgan fingerprint density at radius 1 is 1.71 bits per heavy atom. The van der Waals surface area contributed by atoms with E-state index in [9.17, 15) is 14.4 Å². The summed E-state index contributed by atoms with van der Waals surface area (Å²) in [6, 6.07) is 0. The van der Waals surface area contributed by atoms with Crippen LogP contribution in [0.25, 0.3) is 0 Å². The zero-order valence-corrected chi connectivity index (χ0v) is 7.86. The van der Waals surface area contributed by atoms with Gasteiger partial charge in [0.15, 0.2) is 6.10 Å². The van der Waals surface area contributed by atoms with E-state index in [2.05, 4.69) is 11.3 Å². The summed E-state index contributed by atoms with van der Waals surface area (Å²) in [6.07, 6.45) is 0.443. The minimum Gasteiger partial charge on any atom is -0.452 e. The second kappa shape index (κ2) is 4.04. The fraction of sp³-hybridized carbons (Fsp3) is 0.444. The number of carbonyl (C=O) groups is 3. The van der Waals surface area contributed by atoms with Gasteiger partial charge in [0, 0.05) is 13.5 Å². The van der Waals surface area contributed by atoms with Gasteiger partial charge in [0.2, 0.25) is 5.91 Å². The zero-order valence-electron chi connectivity index (χ0n) is 7.86. The molecule has 0 aromatic rings. The van der Waals surface area contributed by atoms with Crippen molar-refractivity contribution in [2.75, 3.05) is 6.54 Å². The molecule has 5 heteroatoms. The van der Waals surface area contributed by atoms with Crippen molar-refractivity contribution in [3.8, 4) is 0 Å². The standard InChI is InChI=1S/C9H11NO4/c1-3-4-10-8(12)5-7(9(10)13)14-6(2)11/h3,7H,1,4-5H2,2H3/t7-/m1/s1. The van der Waals surface area contributed by atoms with Gasteiger partial charge in [0.25, 0.3) is 5.91 Å². The predicted molar refractivity (Wildman–Crippen MR) is 47.1 cm³/mol. The molecule has 1 heterocycles. The maximum absolute atomic E-state index is 11.4. The third-order valence-corrected chi connectivity index (χ3v) is 1.82. The number of nitrogens with zero attached hydrogens (tertiary/aromatic N) is 1. The predicted octanol–water partition coefficient (Wildman–Crippen LogP) is -0.137. The lowest BCUT2D eigenvalue weighted by Gasteiger charge is -2.11. The first-order chi connectivity index (χ1) is 6.56. The van der Waals surface area contributed by atoms with Crippen LogP contribution in [0.1, 0.15) is 13.3 Å². The molecular weight excluding hydrogens is 186 g/mol. The van der Waals surface area contributed by atoms with Crippen molar-refractivity contribution in [1.82, 2.24) is 4.90 Å². The third-order valence-electron chi connectivity index (χ3n) is 1.82. The monoisotopic (exact) mass is 197 g/mol. The van der Waals surface area contributed by atoms with Crippen molar-refractivity contribution < 1.29 is 19.1 Å². The molecule has 0 unspecified atom stereocenters. The number of likely N-dealkylation sites (tertiary alicyclic amines) is 1. The second-order valence-corrected chi connectivity index (χ2v) is 2.93. The van der Waals surface area contributed by atoms with Gasteiger partial charge in [-0.15, -0.1) is 6.58 Å². The van der Waals surface area contributed by atoms with E-state index in [0.29, 0.717) is 0 Å². The molecule has 2 amide bonds. The van der Waals surface area contributed by atoms with Gasteiger partial charge in [0.05, 0.1) is 6.42 Å². The molecule has 0 N–H and O–H groups in total. The smallest absolute Gasteiger partial charge is 0.303 e. The van der Waals surface area contributed by atoms with E-state index in [1.807, 2.05) is 0 Å². The van der Waals surface area contributed by atoms with Gasteiger partial charge >= 0.3 is 5.97 Å². The first-order valence-corrected chi connectivity index (χ1v) is 4.18. The second-order valence-electron chi connectivity index (χ2n) is 2.93. The lowest BCUT2D eigenvalue weighted by Crippen LogP contribution is -2.33. The van der Waals surface area contributed by atoms with E-state index in [4.69, 9.17) is 0 Å². The van der Waals surface area contributed by atoms with Gasteiger partial charge in [-0.05, 0) is 0 Å². The van der Waals surface area contributed by atoms with Gasteiger partial charge in [-0.1, -0.05) is 6.08 Å². The number of hydrogen-bond acceptors (Lipinski definition) is 4. The number of ether oxygens (including phenoxy) is 1. The molecule has 1 saturated heterocycles. The van der Waals surface area contributed by atoms with E-state index in [1.54, 1.807) is 0 Å². The molecule has 0 bridgehead atoms. The van der Waals surface area contributed by atoms with Crippen LogP contribution in [-0.4, -0.2) is 35.3 Å². The molecule has 5 nitrogen and oxygen atoms in total. The SMILES string of the molecule is C=CCN1C(=O)C[C@@H](OC(C)=O)C1=O. The van der Waals surface area contributed by atoms with E-state index >= 15 is 0 Å². The minimum absolute atomic E-state index is 0.0632. The molecule has 1 atom stereocenters. The van der Waals surface area contributed by atoms with E-state index in [1.165, 1.54) is 13.0 Å². The number of hydrogen-bond donors (Lipinski definition) is 0. The summed E-state index contributed by atoms with van der Waals surface area (Å²) in [5, 5.41) is 0. The van der Waals surface area contributed by atoms with Crippen LogP contribution in [0.2, 0.25) is 0 Å². The molecule has 1 rings (SSSR count). The summed E-state index contributed by atoms with van der Waals surface area (Å²) in [7, 11) is 0. The van der Waals surface area contributed by atoms with Crippen molar-refractivity contribution in [2.24, 2.45) is 0 Å². The molecule has 1 fully saturated rings. The van der Waals surface area contributed by atoms with Gasteiger partial charge in [-0.25, -0.2) is 0 Å². The highest BCUT2D eigenvalue weighted by Gasteiger charge is 2.39. The van der Waals surface area contributed by atoms with Crippen LogP contribution in [0.5, 0.6) is 0 Å². The van der Waals surface area contributed by atoms with Gasteiger partial charge < -0.3 is 4.74 Å². The van der Waals surface area contributed by atoms with Crippen LogP contribution < -0.4 is 0 Å². The summed E-state index contributed by atoms with van der Waals surface area (Å²) in [4.78, 5) is 34.3. The molecule has 0 spiro atoms. The molecule has 0 saturated carbocycles. The summed E-state index contributed by atoms with van der Waals surface area (Å²) in [5.41, 5.74) is 0. The van der Waals surface area contributed by atoms with Crippen LogP contribution in [0.3, 0.4) is 0 Å². The highest BCUT2D eigenvalue weighted by molar-refractivity contribution is 6.05. The van der Waals surface area contributed by atoms with Crippen LogP contribution in [-0.2, 0) is 19.1 Å². The Morgan fingerprint density at radius 2 is 2.36 bits per heavy atom. The summed E-state index contributed by atoms with van der Waals surface area (Å²) in [6.45, 7) is 4.79. The lowest BCUT2D eigenvalue weighted by molar-refractivity contribution is -0.154. The van der Waals surface area contributed by atoms with Crippen LogP contribution in [0.4, 0.5) is 0 Å². The van der Waals surface area contributed by atoms with Crippen molar-refractivity contribution >= 4 is 17.8 Å². The molecule has 0 aromatic carbocycles. The van der Waals surface area contributed by atoms with Crippen LogP contribution in [0, 0.1) is 0 Å². The molecular formula is C9H11NO4. The van der Waals surface area contributed by atoms with Gasteiger partial charge in [0.1, 0.15) is 0 Å². The Labute approximate surface area is 81.3 Å². The molecule has 76 valence electrons. The Balaban J connectivity index is 2.68. The van der Waals surface area contributed by atoms with Crippen molar-refractivity contribution in [1.29, 1.82) is 0 Å². The normalized spacial score (nSPS) is 21.2. The van der Waals surface area contributed by atoms with E-state index in [-0.39, 0.29) is 18.9 Å². The summed E-state index contributed by atoms with van der Waals surface area (Å²) in [5.74, 6) is -1.36. The molecule has 0 aromatic heterocycles. The maximum Gasteiger partial charge on any atom is 0.303 e. The Morgan fingerprint density at radius 3 is 2.86 bits per heavy atom. The van der Waals surface area contributed by atoms with Crippen molar-refractivity contribution in [3.05, 3.63) is 12.7 Å². The summed E-state index contributed by atoms with van der Waals surface area (Å²) < 4.78 is 4.69. The first-order valence-electron chi connectivity index (χ1n) is 4.18. The average Bonchev–Trinajstić information content (AvgIpc) is 2.32. The Bertz CT molecular complexity index is 297. The van der Waals surface area contributed by atoms with Crippen LogP contribution in [0.15, 0.2) is 12.7 Å². The average molecular weight is 197 g/mol. The lowest BCUT2D eigenvalue weighted by atomic mass is 10.3. The molecule has 0 aliphatic carbocycles. The molecule has 1 aliphatic rings. The molecule has 0 radical (unpaired) electrons. The fourth-order valence-electron chi connectivity index (χ4n) is 1.27. The Kier molecular flexibility index (Phi) is 3.01. The van der Waals surface area contributed by atoms with Gasteiger partial charge in [-0.2, -0.15) is 0 Å². The molecule has 14 heavy (non-hydrogen) atoms. The van der Waals surface area contributed by atoms with E-state index in [0.717, 1.165) is 4.90 Å². The maximum atomic E-state index is 11.4. The topological polar surface area (TPSA) is 63.7 Å². The fourth-order valence-corrected chi connectivity index (χ4v) is 1.27. The van der Waals surface area contributed by atoms with Crippen molar-refractivity contribution in [3.63, 3.8) is 0 Å². The number of carbonyl (C=O) groups excluding carboxylic acids is 3. The number of amides is 2. The van der Waals surface area contributed by atoms with Crippen molar-refractivity contribution in [2.45, 2.75) is 19.4 Å². The zero-order chi connectivity index (χ0) is 10.7. The number of esters is 1. The highest BCUT2D eigenvalue weighted by atomic mass is 16.5. The first kappa shape index (κ1) is 10.4. The summed E-state index contributed by atoms with van der Waals surface area (Å²) >= 11 is 0. The Hall–Kier alpha value is -1.65. The highest BCUT2D eigenvalue weighted by Crippen LogP contribution is 2.15. The number of rotatable bonds is 3. The van der Waals surface area contributed by atoms with Crippen LogP contribution >= 0.6 is 0 Å². The third kappa shape index (κ3) is 1.99. The quantitative estimate of drug-likeness (QED) is 0.359. The largest absolute Gasteiger partial charge is 0.452 e. The van der Waals surface area contributed by atoms with Gasteiger partial charge in [-0.3, -0.25) is 19.3 Å². The minimum atomic E-state index is -0.944.